The van der Waals surface area contributed by atoms with Gasteiger partial charge in [0.15, 0.2) is 5.03 Å². The van der Waals surface area contributed by atoms with Gasteiger partial charge >= 0.3 is 0 Å². The first-order valence-corrected chi connectivity index (χ1v) is 6.80. The fourth-order valence-corrected chi connectivity index (χ4v) is 2.34. The van der Waals surface area contributed by atoms with Crippen molar-refractivity contribution in [3.8, 4) is 0 Å². The van der Waals surface area contributed by atoms with Gasteiger partial charge in [-0.1, -0.05) is 0 Å². The van der Waals surface area contributed by atoms with Crippen molar-refractivity contribution < 1.29 is 17.2 Å². The van der Waals surface area contributed by atoms with Gasteiger partial charge in [-0.2, -0.15) is 0 Å². The summed E-state index contributed by atoms with van der Waals surface area (Å²) >= 11 is 1.67. The molecule has 0 radical (unpaired) electrons. The molecule has 1 aromatic heterocycles. The number of hydrogen-bond donors (Lipinski definition) is 1. The first-order valence-electron chi connectivity index (χ1n) is 3.42. The lowest BCUT2D eigenvalue weighted by atomic mass is 10.2. The Morgan fingerprint density at radius 3 is 2.47 bits per heavy atom. The molecule has 0 fully saturated rings. The normalized spacial score (nSPS) is 12.1. The zero-order chi connectivity index (χ0) is 11.8. The average molecular weight is 369 g/mol. The van der Waals surface area contributed by atoms with E-state index < -0.39 is 26.1 Å². The van der Waals surface area contributed by atoms with Crippen LogP contribution in [0.25, 0.3) is 0 Å². The third-order valence-corrected chi connectivity index (χ3v) is 3.61. The van der Waals surface area contributed by atoms with Crippen molar-refractivity contribution in [1.82, 2.24) is 4.98 Å². The van der Waals surface area contributed by atoms with Gasteiger partial charge in [-0.25, -0.2) is 22.2 Å². The first-order chi connectivity index (χ1) is 6.75. The summed E-state index contributed by atoms with van der Waals surface area (Å²) in [6, 6.07) is 0. The fourth-order valence-electron chi connectivity index (χ4n) is 0.903. The van der Waals surface area contributed by atoms with Crippen LogP contribution in [0.15, 0.2) is 11.2 Å². The Balaban J connectivity index is 3.62. The largest absolute Gasteiger partial charge is 0.397 e. The van der Waals surface area contributed by atoms with Crippen LogP contribution in [-0.4, -0.2) is 13.4 Å². The molecule has 15 heavy (non-hydrogen) atoms. The van der Waals surface area contributed by atoms with Crippen molar-refractivity contribution in [3.63, 3.8) is 0 Å². The minimum atomic E-state index is -4.32. The zero-order valence-electron chi connectivity index (χ0n) is 6.92. The predicted octanol–water partition coefficient (Wildman–Crippen LogP) is 2.13. The van der Waals surface area contributed by atoms with Crippen molar-refractivity contribution in [1.29, 1.82) is 0 Å². The molecular formula is C6H4ClF2IN2O2S. The number of aromatic nitrogens is 1. The van der Waals surface area contributed by atoms with Crippen LogP contribution in [0.4, 0.5) is 14.5 Å². The number of rotatable bonds is 2. The third-order valence-electron chi connectivity index (χ3n) is 1.52. The maximum atomic E-state index is 12.6. The van der Waals surface area contributed by atoms with E-state index in [9.17, 15) is 17.2 Å². The van der Waals surface area contributed by atoms with Crippen LogP contribution in [0.1, 0.15) is 12.0 Å². The maximum absolute atomic E-state index is 12.6. The average Bonchev–Trinajstić information content (AvgIpc) is 2.06. The lowest BCUT2D eigenvalue weighted by Crippen LogP contribution is -2.07. The molecular weight excluding hydrogens is 364 g/mol. The van der Waals surface area contributed by atoms with E-state index in [1.807, 2.05) is 0 Å². The topological polar surface area (TPSA) is 73.0 Å². The van der Waals surface area contributed by atoms with E-state index >= 15 is 0 Å². The number of anilines is 1. The lowest BCUT2D eigenvalue weighted by molar-refractivity contribution is 0.148. The molecule has 0 aliphatic carbocycles. The highest BCUT2D eigenvalue weighted by Crippen LogP contribution is 2.34. The highest BCUT2D eigenvalue weighted by Gasteiger charge is 2.27. The van der Waals surface area contributed by atoms with Crippen LogP contribution >= 0.6 is 33.3 Å². The van der Waals surface area contributed by atoms with Gasteiger partial charge in [0, 0.05) is 16.9 Å². The molecule has 0 spiro atoms. The fraction of sp³-hybridized carbons (Fsp3) is 0.167. The number of halogens is 4. The standard InChI is InChI=1S/C6H4ClF2IN2O2S/c7-15(13,14)6-3(5(8)9)4(11)2(10)1-12-6/h1,5H,(H2,11,12). The van der Waals surface area contributed by atoms with Crippen molar-refractivity contribution in [3.05, 3.63) is 15.3 Å². The predicted molar refractivity (Wildman–Crippen MR) is 59.4 cm³/mol. The van der Waals surface area contributed by atoms with Gasteiger partial charge in [0.25, 0.3) is 15.5 Å². The Morgan fingerprint density at radius 1 is 1.53 bits per heavy atom. The van der Waals surface area contributed by atoms with E-state index in [0.29, 0.717) is 0 Å². The molecule has 0 aromatic carbocycles. The van der Waals surface area contributed by atoms with Crippen molar-refractivity contribution in [2.75, 3.05) is 5.73 Å². The number of nitrogens with two attached hydrogens (primary N) is 1. The number of pyridine rings is 1. The monoisotopic (exact) mass is 368 g/mol. The molecule has 0 amide bonds. The Morgan fingerprint density at radius 2 is 2.07 bits per heavy atom. The zero-order valence-corrected chi connectivity index (χ0v) is 10.6. The van der Waals surface area contributed by atoms with Crippen molar-refractivity contribution in [2.45, 2.75) is 11.5 Å². The Hall–Kier alpha value is -0.220. The minimum absolute atomic E-state index is 0.243. The van der Waals surface area contributed by atoms with E-state index in [1.165, 1.54) is 0 Å². The number of nitrogens with zero attached hydrogens (tertiary/aromatic N) is 1. The van der Waals surface area contributed by atoms with Crippen LogP contribution in [0.5, 0.6) is 0 Å². The summed E-state index contributed by atoms with van der Waals surface area (Å²) in [5, 5.41) is -0.892. The molecule has 1 aromatic rings. The Bertz CT molecular complexity index is 494. The summed E-state index contributed by atoms with van der Waals surface area (Å²) in [6.45, 7) is 0. The third kappa shape index (κ3) is 2.67. The number of alkyl halides is 2. The molecule has 0 aliphatic heterocycles. The highest BCUT2D eigenvalue weighted by atomic mass is 127. The van der Waals surface area contributed by atoms with Crippen LogP contribution in [0.2, 0.25) is 0 Å². The quantitative estimate of drug-likeness (QED) is 0.641. The summed E-state index contributed by atoms with van der Waals surface area (Å²) in [5.41, 5.74) is 4.16. The SMILES string of the molecule is Nc1c(I)cnc(S(=O)(=O)Cl)c1C(F)F. The molecule has 1 heterocycles. The summed E-state index contributed by atoms with van der Waals surface area (Å²) in [7, 11) is 0.631. The van der Waals surface area contributed by atoms with Crippen LogP contribution in [0, 0.1) is 3.57 Å². The van der Waals surface area contributed by atoms with Crippen molar-refractivity contribution in [2.24, 2.45) is 0 Å². The lowest BCUT2D eigenvalue weighted by Gasteiger charge is -2.09. The summed E-state index contributed by atoms with van der Waals surface area (Å²) < 4.78 is 47.2. The summed E-state index contributed by atoms with van der Waals surface area (Å²) in [6.07, 6.45) is -1.98. The van der Waals surface area contributed by atoms with Gasteiger partial charge in [-0.05, 0) is 22.6 Å². The van der Waals surface area contributed by atoms with E-state index in [2.05, 4.69) is 4.98 Å². The van der Waals surface area contributed by atoms with Gasteiger partial charge < -0.3 is 5.73 Å². The van der Waals surface area contributed by atoms with E-state index in [0.717, 1.165) is 6.20 Å². The Kier molecular flexibility index (Phi) is 3.71. The van der Waals surface area contributed by atoms with E-state index in [-0.39, 0.29) is 9.26 Å². The molecule has 84 valence electrons. The van der Waals surface area contributed by atoms with Gasteiger partial charge in [0.2, 0.25) is 0 Å². The maximum Gasteiger partial charge on any atom is 0.279 e. The van der Waals surface area contributed by atoms with Gasteiger partial charge in [-0.15, -0.1) is 0 Å². The smallest absolute Gasteiger partial charge is 0.279 e. The molecule has 0 saturated heterocycles. The van der Waals surface area contributed by atoms with Crippen LogP contribution < -0.4 is 5.73 Å². The van der Waals surface area contributed by atoms with Gasteiger partial charge in [0.05, 0.1) is 14.8 Å². The molecule has 9 heteroatoms. The highest BCUT2D eigenvalue weighted by molar-refractivity contribution is 14.1. The van der Waals surface area contributed by atoms with Crippen LogP contribution in [-0.2, 0) is 9.05 Å². The molecule has 0 aliphatic rings. The van der Waals surface area contributed by atoms with Crippen LogP contribution in [0.3, 0.4) is 0 Å². The molecule has 4 nitrogen and oxygen atoms in total. The van der Waals surface area contributed by atoms with E-state index in [1.54, 1.807) is 22.6 Å². The molecule has 2 N–H and O–H groups in total. The van der Waals surface area contributed by atoms with E-state index in [4.69, 9.17) is 16.4 Å². The second kappa shape index (κ2) is 4.34. The van der Waals surface area contributed by atoms with Gasteiger partial charge in [0.1, 0.15) is 0 Å². The Labute approximate surface area is 102 Å². The molecule has 0 saturated carbocycles. The minimum Gasteiger partial charge on any atom is -0.397 e. The summed E-state index contributed by atoms with van der Waals surface area (Å²) in [4.78, 5) is 3.34. The molecule has 0 bridgehead atoms. The van der Waals surface area contributed by atoms with Crippen molar-refractivity contribution >= 4 is 48.0 Å². The summed E-state index contributed by atoms with van der Waals surface area (Å²) in [5.74, 6) is 0. The molecule has 0 unspecified atom stereocenters. The van der Waals surface area contributed by atoms with Gasteiger partial charge in [-0.3, -0.25) is 0 Å². The molecule has 1 rings (SSSR count). The first kappa shape index (κ1) is 12.8. The second-order valence-corrected chi connectivity index (χ2v) is 6.12. The number of hydrogen-bond acceptors (Lipinski definition) is 4. The second-order valence-electron chi connectivity index (χ2n) is 2.48. The number of nitrogen functional groups attached to an aromatic ring is 1. The molecule has 0 atom stereocenters.